The summed E-state index contributed by atoms with van der Waals surface area (Å²) >= 11 is 0. The number of nitrogens with zero attached hydrogens (tertiary/aromatic N) is 2. The number of rotatable bonds is 5. The van der Waals surface area contributed by atoms with Gasteiger partial charge in [0.1, 0.15) is 5.69 Å². The van der Waals surface area contributed by atoms with E-state index in [0.29, 0.717) is 18.1 Å². The zero-order valence-electron chi connectivity index (χ0n) is 8.94. The third kappa shape index (κ3) is 2.90. The second-order valence-corrected chi connectivity index (χ2v) is 3.92. The number of amides is 1. The Morgan fingerprint density at radius 1 is 1.44 bits per heavy atom. The van der Waals surface area contributed by atoms with Gasteiger partial charge in [-0.2, -0.15) is 0 Å². The van der Waals surface area contributed by atoms with Crippen LogP contribution in [0.2, 0.25) is 0 Å². The van der Waals surface area contributed by atoms with E-state index in [0.717, 1.165) is 12.3 Å². The molecule has 0 unspecified atom stereocenters. The van der Waals surface area contributed by atoms with Crippen molar-refractivity contribution < 1.29 is 4.79 Å². The molecule has 0 saturated heterocycles. The molecule has 0 bridgehead atoms. The zero-order valence-corrected chi connectivity index (χ0v) is 8.94. The quantitative estimate of drug-likeness (QED) is 0.491. The first kappa shape index (κ1) is 10.8. The van der Waals surface area contributed by atoms with E-state index in [1.165, 1.54) is 25.2 Å². The first-order valence-electron chi connectivity index (χ1n) is 5.36. The molecular weight excluding hydrogens is 206 g/mol. The summed E-state index contributed by atoms with van der Waals surface area (Å²) in [6.07, 6.45) is 6.48. The molecule has 2 rings (SSSR count). The molecule has 1 aromatic heterocycles. The molecule has 1 amide bonds. The summed E-state index contributed by atoms with van der Waals surface area (Å²) in [7, 11) is 0. The van der Waals surface area contributed by atoms with Crippen LogP contribution in [-0.4, -0.2) is 22.4 Å². The maximum atomic E-state index is 11.6. The van der Waals surface area contributed by atoms with Gasteiger partial charge in [0.05, 0.1) is 12.4 Å². The molecule has 1 aliphatic carbocycles. The Bertz CT molecular complexity index is 360. The summed E-state index contributed by atoms with van der Waals surface area (Å²) in [5.41, 5.74) is 2.67. The average molecular weight is 221 g/mol. The summed E-state index contributed by atoms with van der Waals surface area (Å²) in [6, 6.07) is 0. The Balaban J connectivity index is 1.81. The van der Waals surface area contributed by atoms with Crippen LogP contribution in [0.25, 0.3) is 0 Å². The molecule has 6 nitrogen and oxygen atoms in total. The Labute approximate surface area is 93.6 Å². The Kier molecular flexibility index (Phi) is 3.31. The summed E-state index contributed by atoms with van der Waals surface area (Å²) in [4.78, 5) is 19.4. The highest BCUT2D eigenvalue weighted by atomic mass is 16.1. The monoisotopic (exact) mass is 221 g/mol. The van der Waals surface area contributed by atoms with E-state index >= 15 is 0 Å². The van der Waals surface area contributed by atoms with Gasteiger partial charge in [0, 0.05) is 6.54 Å². The van der Waals surface area contributed by atoms with Crippen LogP contribution < -0.4 is 16.6 Å². The van der Waals surface area contributed by atoms with Gasteiger partial charge in [-0.05, 0) is 12.3 Å². The van der Waals surface area contributed by atoms with E-state index in [1.807, 2.05) is 0 Å². The van der Waals surface area contributed by atoms with Crippen LogP contribution in [0.1, 0.15) is 29.8 Å². The number of nitrogens with one attached hydrogen (secondary N) is 2. The fraction of sp³-hybridized carbons (Fsp3) is 0.500. The van der Waals surface area contributed by atoms with Crippen LogP contribution in [0.15, 0.2) is 12.4 Å². The lowest BCUT2D eigenvalue weighted by Crippen LogP contribution is -2.26. The first-order valence-corrected chi connectivity index (χ1v) is 5.36. The average Bonchev–Trinajstić information content (AvgIpc) is 3.13. The zero-order chi connectivity index (χ0) is 11.4. The molecular formula is C10H15N5O. The van der Waals surface area contributed by atoms with E-state index in [4.69, 9.17) is 5.84 Å². The lowest BCUT2D eigenvalue weighted by molar-refractivity contribution is 0.0947. The highest BCUT2D eigenvalue weighted by molar-refractivity contribution is 5.91. The maximum absolute atomic E-state index is 11.6. The fourth-order valence-corrected chi connectivity index (χ4v) is 1.41. The Morgan fingerprint density at radius 3 is 2.81 bits per heavy atom. The van der Waals surface area contributed by atoms with Gasteiger partial charge >= 0.3 is 0 Å². The van der Waals surface area contributed by atoms with Crippen molar-refractivity contribution in [1.29, 1.82) is 0 Å². The summed E-state index contributed by atoms with van der Waals surface area (Å²) < 4.78 is 0. The number of nitrogens with two attached hydrogens (primary N) is 1. The smallest absolute Gasteiger partial charge is 0.271 e. The minimum absolute atomic E-state index is 0.184. The number of hydrogen-bond donors (Lipinski definition) is 3. The molecule has 16 heavy (non-hydrogen) atoms. The van der Waals surface area contributed by atoms with Gasteiger partial charge in [-0.25, -0.2) is 15.8 Å². The van der Waals surface area contributed by atoms with Crippen LogP contribution in [0.3, 0.4) is 0 Å². The number of aromatic nitrogens is 2. The molecule has 1 aromatic rings. The predicted octanol–water partition coefficient (Wildman–Crippen LogP) is 0.292. The standard InChI is InChI=1S/C10H15N5O/c11-15-9-6-13-8(5-14-9)10(16)12-4-3-7-1-2-7/h5-7H,1-4,11H2,(H,12,16)(H,14,15). The second kappa shape index (κ2) is 4.89. The van der Waals surface area contributed by atoms with Crippen molar-refractivity contribution in [3.05, 3.63) is 18.1 Å². The molecule has 0 aromatic carbocycles. The van der Waals surface area contributed by atoms with Gasteiger partial charge in [-0.1, -0.05) is 12.8 Å². The second-order valence-electron chi connectivity index (χ2n) is 3.92. The van der Waals surface area contributed by atoms with Crippen LogP contribution in [0, 0.1) is 5.92 Å². The van der Waals surface area contributed by atoms with E-state index in [9.17, 15) is 4.79 Å². The van der Waals surface area contributed by atoms with Crippen molar-refractivity contribution in [1.82, 2.24) is 15.3 Å². The minimum Gasteiger partial charge on any atom is -0.351 e. The van der Waals surface area contributed by atoms with Crippen molar-refractivity contribution in [3.8, 4) is 0 Å². The van der Waals surface area contributed by atoms with Crippen LogP contribution in [0.4, 0.5) is 5.82 Å². The van der Waals surface area contributed by atoms with Gasteiger partial charge in [-0.15, -0.1) is 0 Å². The molecule has 1 aliphatic rings. The van der Waals surface area contributed by atoms with Crippen LogP contribution in [0.5, 0.6) is 0 Å². The molecule has 86 valence electrons. The number of hydrogen-bond acceptors (Lipinski definition) is 5. The van der Waals surface area contributed by atoms with Crippen LogP contribution in [-0.2, 0) is 0 Å². The molecule has 1 fully saturated rings. The van der Waals surface area contributed by atoms with Crippen LogP contribution >= 0.6 is 0 Å². The number of nitrogen functional groups attached to an aromatic ring is 1. The molecule has 0 spiro atoms. The van der Waals surface area contributed by atoms with E-state index in [1.54, 1.807) is 0 Å². The van der Waals surface area contributed by atoms with Gasteiger partial charge < -0.3 is 10.7 Å². The highest BCUT2D eigenvalue weighted by Crippen LogP contribution is 2.31. The lowest BCUT2D eigenvalue weighted by atomic mass is 10.3. The van der Waals surface area contributed by atoms with Gasteiger partial charge in [0.2, 0.25) is 0 Å². The van der Waals surface area contributed by atoms with Gasteiger partial charge in [0.15, 0.2) is 5.82 Å². The predicted molar refractivity (Wildman–Crippen MR) is 59.5 cm³/mol. The largest absolute Gasteiger partial charge is 0.351 e. The van der Waals surface area contributed by atoms with Crippen molar-refractivity contribution in [2.24, 2.45) is 11.8 Å². The molecule has 0 radical (unpaired) electrons. The van der Waals surface area contributed by atoms with E-state index < -0.39 is 0 Å². The SMILES string of the molecule is NNc1cnc(C(=O)NCCC2CC2)cn1. The fourth-order valence-electron chi connectivity index (χ4n) is 1.41. The van der Waals surface area contributed by atoms with Crippen molar-refractivity contribution >= 4 is 11.7 Å². The third-order valence-electron chi connectivity index (χ3n) is 2.57. The number of anilines is 1. The molecule has 0 aliphatic heterocycles. The first-order chi connectivity index (χ1) is 7.79. The number of hydrazine groups is 1. The van der Waals surface area contributed by atoms with E-state index in [-0.39, 0.29) is 5.91 Å². The lowest BCUT2D eigenvalue weighted by Gasteiger charge is -2.04. The molecule has 0 atom stereocenters. The Morgan fingerprint density at radius 2 is 2.25 bits per heavy atom. The van der Waals surface area contributed by atoms with Crippen molar-refractivity contribution in [2.75, 3.05) is 12.0 Å². The molecule has 4 N–H and O–H groups in total. The number of carbonyl (C=O) groups excluding carboxylic acids is 1. The minimum atomic E-state index is -0.184. The van der Waals surface area contributed by atoms with Crippen molar-refractivity contribution in [3.63, 3.8) is 0 Å². The van der Waals surface area contributed by atoms with Gasteiger partial charge in [0.25, 0.3) is 5.91 Å². The maximum Gasteiger partial charge on any atom is 0.271 e. The third-order valence-corrected chi connectivity index (χ3v) is 2.57. The topological polar surface area (TPSA) is 92.9 Å². The summed E-state index contributed by atoms with van der Waals surface area (Å²) in [5.74, 6) is 6.21. The summed E-state index contributed by atoms with van der Waals surface area (Å²) in [5, 5.41) is 2.81. The molecule has 6 heteroatoms. The molecule has 1 heterocycles. The van der Waals surface area contributed by atoms with Gasteiger partial charge in [-0.3, -0.25) is 4.79 Å². The van der Waals surface area contributed by atoms with Crippen molar-refractivity contribution in [2.45, 2.75) is 19.3 Å². The normalized spacial score (nSPS) is 14.6. The molecule has 1 saturated carbocycles. The highest BCUT2D eigenvalue weighted by Gasteiger charge is 2.20. The summed E-state index contributed by atoms with van der Waals surface area (Å²) in [6.45, 7) is 0.710. The Hall–Kier alpha value is -1.69. The van der Waals surface area contributed by atoms with E-state index in [2.05, 4.69) is 20.7 Å². The number of carbonyl (C=O) groups is 1.